The number of unbranched alkanes of at least 4 members (excludes halogenated alkanes) is 1. The van der Waals surface area contributed by atoms with E-state index in [1.807, 2.05) is 6.20 Å². The Hall–Kier alpha value is -1.14. The summed E-state index contributed by atoms with van der Waals surface area (Å²) in [6.45, 7) is 0. The summed E-state index contributed by atoms with van der Waals surface area (Å²) in [5.74, 6) is 3.05. The molecular weight excluding hydrogens is 174 g/mol. The first-order valence-electron chi connectivity index (χ1n) is 3.56. The second kappa shape index (κ2) is 5.50. The Bertz CT molecular complexity index is 262. The van der Waals surface area contributed by atoms with Gasteiger partial charge in [-0.1, -0.05) is 0 Å². The molecule has 0 aliphatic heterocycles. The minimum absolute atomic E-state index is 0. The largest absolute Gasteiger partial charge is 0.369 e. The molecule has 0 radical (unpaired) electrons. The zero-order chi connectivity index (χ0) is 8.10. The second-order valence-corrected chi connectivity index (χ2v) is 2.33. The molecule has 12 heavy (non-hydrogen) atoms. The highest BCUT2D eigenvalue weighted by Gasteiger charge is 1.95. The number of nitrogens with one attached hydrogen (secondary N) is 1. The molecular formula is C8H12ClN3. The number of aromatic nitrogens is 2. The Morgan fingerprint density at radius 2 is 2.42 bits per heavy atom. The van der Waals surface area contributed by atoms with E-state index >= 15 is 0 Å². The van der Waals surface area contributed by atoms with Crippen LogP contribution in [-0.2, 0) is 6.42 Å². The molecule has 0 aromatic carbocycles. The topological polar surface area (TPSA) is 54.7 Å². The number of nitrogens with zero attached hydrogens (tertiary/aromatic N) is 1. The van der Waals surface area contributed by atoms with Gasteiger partial charge in [0.05, 0.1) is 5.69 Å². The lowest BCUT2D eigenvalue weighted by Crippen LogP contribution is -1.88. The summed E-state index contributed by atoms with van der Waals surface area (Å²) in [6.07, 6.45) is 9.58. The highest BCUT2D eigenvalue weighted by Crippen LogP contribution is 2.02. The SMILES string of the molecule is C#CCCCc1c[nH]c(N)n1.Cl. The molecule has 4 heteroatoms. The summed E-state index contributed by atoms with van der Waals surface area (Å²) < 4.78 is 0. The number of aromatic amines is 1. The number of terminal acetylenes is 1. The molecule has 0 atom stereocenters. The van der Waals surface area contributed by atoms with Crippen LogP contribution in [0.3, 0.4) is 0 Å². The lowest BCUT2D eigenvalue weighted by atomic mass is 10.2. The average molecular weight is 186 g/mol. The number of H-pyrrole nitrogens is 1. The molecule has 1 aromatic heterocycles. The number of nitrogen functional groups attached to an aromatic ring is 1. The smallest absolute Gasteiger partial charge is 0.197 e. The van der Waals surface area contributed by atoms with Gasteiger partial charge in [-0.15, -0.1) is 24.8 Å². The van der Waals surface area contributed by atoms with Crippen molar-refractivity contribution in [2.45, 2.75) is 19.3 Å². The standard InChI is InChI=1S/C8H11N3.ClH/c1-2-3-4-5-7-6-10-8(9)11-7;/h1,6H,3-5H2,(H3,9,10,11);1H. The van der Waals surface area contributed by atoms with Crippen LogP contribution in [0.5, 0.6) is 0 Å². The van der Waals surface area contributed by atoms with Gasteiger partial charge in [0.15, 0.2) is 5.95 Å². The minimum atomic E-state index is 0. The van der Waals surface area contributed by atoms with E-state index in [4.69, 9.17) is 12.2 Å². The fraction of sp³-hybridized carbons (Fsp3) is 0.375. The Labute approximate surface area is 78.2 Å². The van der Waals surface area contributed by atoms with E-state index < -0.39 is 0 Å². The van der Waals surface area contributed by atoms with E-state index in [0.29, 0.717) is 5.95 Å². The Kier molecular flexibility index (Phi) is 4.98. The molecule has 3 nitrogen and oxygen atoms in total. The van der Waals surface area contributed by atoms with E-state index in [1.54, 1.807) is 0 Å². The third-order valence-electron chi connectivity index (χ3n) is 1.40. The van der Waals surface area contributed by atoms with Crippen molar-refractivity contribution in [3.05, 3.63) is 11.9 Å². The molecule has 0 amide bonds. The molecule has 1 heterocycles. The van der Waals surface area contributed by atoms with Gasteiger partial charge in [-0.2, -0.15) is 0 Å². The van der Waals surface area contributed by atoms with E-state index in [-0.39, 0.29) is 12.4 Å². The van der Waals surface area contributed by atoms with Crippen molar-refractivity contribution < 1.29 is 0 Å². The van der Waals surface area contributed by atoms with Gasteiger partial charge in [0, 0.05) is 12.6 Å². The predicted molar refractivity (Wildman–Crippen MR) is 52.0 cm³/mol. The molecule has 0 saturated carbocycles. The molecule has 3 N–H and O–H groups in total. The Morgan fingerprint density at radius 3 is 2.92 bits per heavy atom. The van der Waals surface area contributed by atoms with Crippen molar-refractivity contribution in [2.75, 3.05) is 5.73 Å². The number of anilines is 1. The van der Waals surface area contributed by atoms with Crippen LogP contribution < -0.4 is 5.73 Å². The molecule has 0 aliphatic carbocycles. The van der Waals surface area contributed by atoms with Gasteiger partial charge >= 0.3 is 0 Å². The van der Waals surface area contributed by atoms with E-state index in [0.717, 1.165) is 25.0 Å². The first-order valence-corrected chi connectivity index (χ1v) is 3.56. The quantitative estimate of drug-likeness (QED) is 0.552. The Morgan fingerprint density at radius 1 is 1.67 bits per heavy atom. The molecule has 0 fully saturated rings. The van der Waals surface area contributed by atoms with Crippen molar-refractivity contribution in [3.8, 4) is 12.3 Å². The molecule has 1 aromatic rings. The van der Waals surface area contributed by atoms with E-state index in [2.05, 4.69) is 15.9 Å². The Balaban J connectivity index is 0.00000121. The number of aryl methyl sites for hydroxylation is 1. The first kappa shape index (κ1) is 10.9. The summed E-state index contributed by atoms with van der Waals surface area (Å²) in [7, 11) is 0. The normalized spacial score (nSPS) is 8.58. The zero-order valence-corrected chi connectivity index (χ0v) is 7.53. The molecule has 66 valence electrons. The monoisotopic (exact) mass is 185 g/mol. The van der Waals surface area contributed by atoms with Crippen LogP contribution in [0.4, 0.5) is 5.95 Å². The van der Waals surface area contributed by atoms with E-state index in [9.17, 15) is 0 Å². The molecule has 0 saturated heterocycles. The fourth-order valence-corrected chi connectivity index (χ4v) is 0.876. The van der Waals surface area contributed by atoms with Crippen LogP contribution in [-0.4, -0.2) is 9.97 Å². The van der Waals surface area contributed by atoms with Gasteiger partial charge in [0.25, 0.3) is 0 Å². The van der Waals surface area contributed by atoms with Crippen LogP contribution in [0, 0.1) is 12.3 Å². The van der Waals surface area contributed by atoms with E-state index in [1.165, 1.54) is 0 Å². The van der Waals surface area contributed by atoms with Crippen LogP contribution >= 0.6 is 12.4 Å². The molecule has 0 aliphatic rings. The average Bonchev–Trinajstić information content (AvgIpc) is 2.37. The molecule has 1 rings (SSSR count). The minimum Gasteiger partial charge on any atom is -0.369 e. The highest BCUT2D eigenvalue weighted by molar-refractivity contribution is 5.85. The van der Waals surface area contributed by atoms with Crippen molar-refractivity contribution in [1.82, 2.24) is 9.97 Å². The van der Waals surface area contributed by atoms with Gasteiger partial charge in [-0.25, -0.2) is 4.98 Å². The maximum Gasteiger partial charge on any atom is 0.197 e. The lowest BCUT2D eigenvalue weighted by Gasteiger charge is -1.89. The summed E-state index contributed by atoms with van der Waals surface area (Å²) in [4.78, 5) is 6.85. The van der Waals surface area contributed by atoms with Crippen LogP contribution in [0.1, 0.15) is 18.5 Å². The predicted octanol–water partition coefficient (Wildman–Crippen LogP) is 1.37. The zero-order valence-electron chi connectivity index (χ0n) is 6.71. The number of halogens is 1. The van der Waals surface area contributed by atoms with Crippen molar-refractivity contribution in [3.63, 3.8) is 0 Å². The third-order valence-corrected chi connectivity index (χ3v) is 1.40. The fourth-order valence-electron chi connectivity index (χ4n) is 0.876. The summed E-state index contributed by atoms with van der Waals surface area (Å²) >= 11 is 0. The third kappa shape index (κ3) is 3.31. The van der Waals surface area contributed by atoms with Gasteiger partial charge in [-0.3, -0.25) is 0 Å². The molecule has 0 spiro atoms. The number of nitrogens with two attached hydrogens (primary N) is 1. The number of imidazole rings is 1. The highest BCUT2D eigenvalue weighted by atomic mass is 35.5. The number of hydrogen-bond acceptors (Lipinski definition) is 2. The summed E-state index contributed by atoms with van der Waals surface area (Å²) in [5.41, 5.74) is 6.36. The lowest BCUT2D eigenvalue weighted by molar-refractivity contribution is 0.838. The van der Waals surface area contributed by atoms with Crippen LogP contribution in [0.15, 0.2) is 6.20 Å². The van der Waals surface area contributed by atoms with Crippen molar-refractivity contribution in [1.29, 1.82) is 0 Å². The van der Waals surface area contributed by atoms with Gasteiger partial charge in [0.2, 0.25) is 0 Å². The summed E-state index contributed by atoms with van der Waals surface area (Å²) in [6, 6.07) is 0. The summed E-state index contributed by atoms with van der Waals surface area (Å²) in [5, 5.41) is 0. The van der Waals surface area contributed by atoms with Crippen molar-refractivity contribution >= 4 is 18.4 Å². The molecule has 0 unspecified atom stereocenters. The van der Waals surface area contributed by atoms with Gasteiger partial charge in [0.1, 0.15) is 0 Å². The van der Waals surface area contributed by atoms with Gasteiger partial charge in [-0.05, 0) is 12.8 Å². The maximum atomic E-state index is 5.38. The van der Waals surface area contributed by atoms with Crippen LogP contribution in [0.25, 0.3) is 0 Å². The van der Waals surface area contributed by atoms with Crippen LogP contribution in [0.2, 0.25) is 0 Å². The van der Waals surface area contributed by atoms with Crippen molar-refractivity contribution in [2.24, 2.45) is 0 Å². The number of rotatable bonds is 3. The number of hydrogen-bond donors (Lipinski definition) is 2. The second-order valence-electron chi connectivity index (χ2n) is 2.33. The first-order chi connectivity index (χ1) is 5.33. The van der Waals surface area contributed by atoms with Gasteiger partial charge < -0.3 is 10.7 Å². The maximum absolute atomic E-state index is 5.38. The molecule has 0 bridgehead atoms.